The molecule has 0 aliphatic carbocycles. The topological polar surface area (TPSA) is 161 Å². The van der Waals surface area contributed by atoms with E-state index >= 15 is 0 Å². The molecule has 0 unspecified atom stereocenters. The van der Waals surface area contributed by atoms with Gasteiger partial charge in [-0.2, -0.15) is 0 Å². The summed E-state index contributed by atoms with van der Waals surface area (Å²) in [5.74, 6) is -3.70. The van der Waals surface area contributed by atoms with Gasteiger partial charge in [0.1, 0.15) is 0 Å². The number of rotatable bonds is 20. The van der Waals surface area contributed by atoms with Gasteiger partial charge in [0.2, 0.25) is 0 Å². The fourth-order valence-electron chi connectivity index (χ4n) is 2.78. The van der Waals surface area contributed by atoms with Gasteiger partial charge in [0.15, 0.2) is 0 Å². The van der Waals surface area contributed by atoms with Gasteiger partial charge in [0.05, 0.1) is 0 Å². The van der Waals surface area contributed by atoms with Gasteiger partial charge < -0.3 is 39.6 Å². The predicted molar refractivity (Wildman–Crippen MR) is 135 cm³/mol. The van der Waals surface area contributed by atoms with E-state index < -0.39 is 23.9 Å². The number of carboxylic acid groups (broad SMARTS) is 4. The van der Waals surface area contributed by atoms with Gasteiger partial charge in [-0.25, -0.2) is 0 Å². The standard InChI is InChI=1S/4C7H14O2.Ce/c4*1-2-3-4-5-6-7(8)9;/h4*2-6H2,1H3,(H,8,9);/q;;;;+4/p-4. The van der Waals surface area contributed by atoms with Crippen LogP contribution in [0.2, 0.25) is 0 Å². The average Bonchev–Trinajstić information content (AvgIpc) is 2.81. The number of unbranched alkanes of at least 4 members (excludes halogenated alkanes) is 12. The maximum Gasteiger partial charge on any atom is 4.00 e. The number of hydrogen-bond donors (Lipinski definition) is 0. The number of carbonyl (C=O) groups excluding carboxylic acids is 4. The molecule has 216 valence electrons. The number of aliphatic carboxylic acids is 4. The van der Waals surface area contributed by atoms with Crippen molar-refractivity contribution >= 4 is 23.9 Å². The van der Waals surface area contributed by atoms with Crippen molar-refractivity contribution in [3.8, 4) is 0 Å². The van der Waals surface area contributed by atoms with Crippen LogP contribution in [0.1, 0.15) is 156 Å². The Morgan fingerprint density at radius 2 is 0.514 bits per heavy atom. The largest absolute Gasteiger partial charge is 4.00 e. The molecule has 0 saturated carbocycles. The molecule has 0 atom stereocenters. The molecule has 0 heterocycles. The molecule has 0 aliphatic rings. The summed E-state index contributed by atoms with van der Waals surface area (Å²) >= 11 is 0. The molecule has 0 aromatic heterocycles. The van der Waals surface area contributed by atoms with Crippen molar-refractivity contribution in [1.29, 1.82) is 0 Å². The van der Waals surface area contributed by atoms with Crippen LogP contribution in [-0.4, -0.2) is 23.9 Å². The summed E-state index contributed by atoms with van der Waals surface area (Å²) in [6, 6.07) is 0. The summed E-state index contributed by atoms with van der Waals surface area (Å²) in [6.45, 7) is 8.38. The molecule has 0 aromatic carbocycles. The normalized spacial score (nSPS) is 9.19. The van der Waals surface area contributed by atoms with Crippen LogP contribution in [0.25, 0.3) is 0 Å². The molecule has 9 heteroatoms. The van der Waals surface area contributed by atoms with E-state index in [4.69, 9.17) is 0 Å². The van der Waals surface area contributed by atoms with Crippen LogP contribution in [-0.2, 0) is 19.2 Å². The third-order valence-electron chi connectivity index (χ3n) is 4.94. The van der Waals surface area contributed by atoms with Crippen LogP contribution in [0.5, 0.6) is 0 Å². The first-order valence-corrected chi connectivity index (χ1v) is 13.9. The molecule has 0 bridgehead atoms. The van der Waals surface area contributed by atoms with Crippen molar-refractivity contribution < 1.29 is 81.4 Å². The number of hydrogen-bond acceptors (Lipinski definition) is 8. The van der Waals surface area contributed by atoms with Crippen molar-refractivity contribution in [2.24, 2.45) is 0 Å². The molecule has 0 N–H and O–H groups in total. The first-order valence-electron chi connectivity index (χ1n) is 13.9. The maximum atomic E-state index is 9.85. The second-order valence-corrected chi connectivity index (χ2v) is 8.73. The van der Waals surface area contributed by atoms with Gasteiger partial charge in [-0.05, 0) is 51.4 Å². The fourth-order valence-corrected chi connectivity index (χ4v) is 2.78. The quantitative estimate of drug-likeness (QED) is 0.181. The zero-order chi connectivity index (χ0) is 28.5. The summed E-state index contributed by atoms with van der Waals surface area (Å²) in [4.78, 5) is 39.4. The van der Waals surface area contributed by atoms with Gasteiger partial charge in [0.25, 0.3) is 0 Å². The van der Waals surface area contributed by atoms with E-state index in [2.05, 4.69) is 27.7 Å². The molecule has 0 spiro atoms. The Hall–Kier alpha value is -0.743. The molecule has 0 aromatic rings. The Morgan fingerprint density at radius 3 is 0.622 bits per heavy atom. The molecular formula is C28H52CeO8. The van der Waals surface area contributed by atoms with Crippen molar-refractivity contribution in [2.75, 3.05) is 0 Å². The van der Waals surface area contributed by atoms with Gasteiger partial charge >= 0.3 is 41.7 Å². The summed E-state index contributed by atoms with van der Waals surface area (Å²) in [5, 5.41) is 39.4. The molecule has 8 nitrogen and oxygen atoms in total. The van der Waals surface area contributed by atoms with E-state index in [9.17, 15) is 39.6 Å². The zero-order valence-corrected chi connectivity index (χ0v) is 27.0. The zero-order valence-electron chi connectivity index (χ0n) is 23.9. The Labute approximate surface area is 259 Å². The molecule has 0 fully saturated rings. The van der Waals surface area contributed by atoms with Crippen LogP contribution >= 0.6 is 0 Å². The van der Waals surface area contributed by atoms with Crippen molar-refractivity contribution in [3.05, 3.63) is 0 Å². The molecule has 0 saturated heterocycles. The summed E-state index contributed by atoms with van der Waals surface area (Å²) in [6.07, 6.45) is 17.2. The van der Waals surface area contributed by atoms with Crippen molar-refractivity contribution in [1.82, 2.24) is 0 Å². The van der Waals surface area contributed by atoms with Crippen molar-refractivity contribution in [2.45, 2.75) is 156 Å². The van der Waals surface area contributed by atoms with Gasteiger partial charge in [-0.15, -0.1) is 0 Å². The summed E-state index contributed by atoms with van der Waals surface area (Å²) < 4.78 is 0. The van der Waals surface area contributed by atoms with E-state index in [0.29, 0.717) is 0 Å². The third kappa shape index (κ3) is 72.1. The van der Waals surface area contributed by atoms with Crippen LogP contribution in [0.3, 0.4) is 0 Å². The Morgan fingerprint density at radius 1 is 0.351 bits per heavy atom. The second kappa shape index (κ2) is 42.3. The predicted octanol–water partition coefficient (Wildman–Crippen LogP) is 2.83. The minimum atomic E-state index is -0.925. The van der Waals surface area contributed by atoms with E-state index in [1.54, 1.807) is 0 Å². The van der Waals surface area contributed by atoms with Crippen LogP contribution in [0.15, 0.2) is 0 Å². The maximum absolute atomic E-state index is 9.85. The SMILES string of the molecule is CCCCCCC(=O)[O-].CCCCCCC(=O)[O-].CCCCCCC(=O)[O-].CCCCCCC(=O)[O-].[Ce+4]. The monoisotopic (exact) mass is 656 g/mol. The Balaban J connectivity index is -0.000000122. The number of carbonyl (C=O) groups is 4. The van der Waals surface area contributed by atoms with E-state index in [1.807, 2.05) is 0 Å². The van der Waals surface area contributed by atoms with Crippen molar-refractivity contribution in [3.63, 3.8) is 0 Å². The first kappa shape index (κ1) is 46.1. The van der Waals surface area contributed by atoms with Crippen LogP contribution in [0.4, 0.5) is 0 Å². The van der Waals surface area contributed by atoms with Crippen LogP contribution < -0.4 is 20.4 Å². The Kier molecular flexibility index (Phi) is 52.8. The number of carboxylic acids is 4. The summed E-state index contributed by atoms with van der Waals surface area (Å²) in [7, 11) is 0. The molecule has 0 amide bonds. The smallest absolute Gasteiger partial charge is 0.550 e. The molecule has 37 heavy (non-hydrogen) atoms. The molecular weight excluding hydrogens is 604 g/mol. The Bertz CT molecular complexity index is 411. The first-order chi connectivity index (χ1) is 17.1. The van der Waals surface area contributed by atoms with E-state index in [0.717, 1.165) is 103 Å². The average molecular weight is 657 g/mol. The molecule has 0 aliphatic heterocycles. The minimum Gasteiger partial charge on any atom is -0.550 e. The van der Waals surface area contributed by atoms with Crippen LogP contribution in [0, 0.1) is 41.7 Å². The van der Waals surface area contributed by atoms with E-state index in [1.165, 1.54) is 0 Å². The van der Waals surface area contributed by atoms with Gasteiger partial charge in [0, 0.05) is 23.9 Å². The minimum absolute atomic E-state index is 0. The molecule has 0 rings (SSSR count). The fraction of sp³-hybridized carbons (Fsp3) is 0.857. The van der Waals surface area contributed by atoms with Gasteiger partial charge in [-0.3, -0.25) is 0 Å². The molecule has 0 radical (unpaired) electrons. The second-order valence-electron chi connectivity index (χ2n) is 8.73. The van der Waals surface area contributed by atoms with Gasteiger partial charge in [-0.1, -0.05) is 105 Å². The van der Waals surface area contributed by atoms with E-state index in [-0.39, 0.29) is 67.4 Å². The third-order valence-corrected chi connectivity index (χ3v) is 4.94. The summed E-state index contributed by atoms with van der Waals surface area (Å²) in [5.41, 5.74) is 0.